The number of imide groups is 1. The first-order valence-corrected chi connectivity index (χ1v) is 9.58. The van der Waals surface area contributed by atoms with E-state index in [9.17, 15) is 19.5 Å². The summed E-state index contributed by atoms with van der Waals surface area (Å²) in [6.45, 7) is 0.359. The molecule has 1 aliphatic heterocycles. The Labute approximate surface area is 153 Å². The van der Waals surface area contributed by atoms with E-state index in [-0.39, 0.29) is 12.5 Å². The van der Waals surface area contributed by atoms with E-state index >= 15 is 0 Å². The quantitative estimate of drug-likeness (QED) is 0.375. The molecule has 2 rings (SSSR count). The molecule has 1 saturated carbocycles. The van der Waals surface area contributed by atoms with Gasteiger partial charge in [0.1, 0.15) is 12.6 Å². The number of aliphatic carboxylic acids is 1. The average Bonchev–Trinajstić information content (AvgIpc) is 2.89. The lowest BCUT2D eigenvalue weighted by Crippen LogP contribution is -2.38. The summed E-state index contributed by atoms with van der Waals surface area (Å²) >= 11 is 0. The Morgan fingerprint density at radius 3 is 2.65 bits per heavy atom. The number of hydrogen-bond acceptors (Lipinski definition) is 5. The molecule has 0 bridgehead atoms. The number of aliphatic hydroxyl groups is 1. The van der Waals surface area contributed by atoms with Crippen molar-refractivity contribution in [2.75, 3.05) is 19.8 Å². The molecule has 8 heteroatoms. The van der Waals surface area contributed by atoms with Crippen molar-refractivity contribution in [2.24, 2.45) is 5.92 Å². The molecule has 148 valence electrons. The molecule has 3 amide bonds. The molecule has 3 N–H and O–H groups in total. The van der Waals surface area contributed by atoms with Crippen molar-refractivity contribution < 1.29 is 29.3 Å². The van der Waals surface area contributed by atoms with Gasteiger partial charge in [0.25, 0.3) is 5.91 Å². The van der Waals surface area contributed by atoms with Crippen molar-refractivity contribution in [3.05, 3.63) is 0 Å². The van der Waals surface area contributed by atoms with Gasteiger partial charge in [0.2, 0.25) is 0 Å². The van der Waals surface area contributed by atoms with Crippen LogP contribution in [0, 0.1) is 5.92 Å². The predicted octanol–water partition coefficient (Wildman–Crippen LogP) is 1.51. The van der Waals surface area contributed by atoms with Crippen LogP contribution in [0.3, 0.4) is 0 Å². The molecule has 0 unspecified atom stereocenters. The van der Waals surface area contributed by atoms with Gasteiger partial charge in [0.05, 0.1) is 6.10 Å². The van der Waals surface area contributed by atoms with E-state index in [1.54, 1.807) is 0 Å². The normalized spacial score (nSPS) is 22.5. The summed E-state index contributed by atoms with van der Waals surface area (Å²) in [6.07, 6.45) is 7.45. The molecule has 2 fully saturated rings. The number of amides is 3. The number of carbonyl (C=O) groups excluding carboxylic acids is 2. The van der Waals surface area contributed by atoms with Crippen LogP contribution >= 0.6 is 0 Å². The predicted molar refractivity (Wildman–Crippen MR) is 93.5 cm³/mol. The summed E-state index contributed by atoms with van der Waals surface area (Å²) in [6, 6.07) is -0.904. The second-order valence-corrected chi connectivity index (χ2v) is 7.20. The van der Waals surface area contributed by atoms with Crippen LogP contribution in [0.1, 0.15) is 57.8 Å². The highest BCUT2D eigenvalue weighted by atomic mass is 16.5. The Kier molecular flexibility index (Phi) is 8.31. The van der Waals surface area contributed by atoms with E-state index in [4.69, 9.17) is 9.84 Å². The van der Waals surface area contributed by atoms with Gasteiger partial charge in [-0.1, -0.05) is 19.3 Å². The van der Waals surface area contributed by atoms with Gasteiger partial charge in [0.15, 0.2) is 0 Å². The summed E-state index contributed by atoms with van der Waals surface area (Å²) in [4.78, 5) is 35.9. The van der Waals surface area contributed by atoms with E-state index in [0.29, 0.717) is 44.8 Å². The zero-order valence-corrected chi connectivity index (χ0v) is 15.2. The van der Waals surface area contributed by atoms with Crippen LogP contribution in [0.15, 0.2) is 0 Å². The molecule has 1 saturated heterocycles. The molecular weight excluding hydrogens is 340 g/mol. The summed E-state index contributed by atoms with van der Waals surface area (Å²) in [7, 11) is 0. The van der Waals surface area contributed by atoms with Crippen LogP contribution in [0.2, 0.25) is 0 Å². The largest absolute Gasteiger partial charge is 0.480 e. The lowest BCUT2D eigenvalue weighted by Gasteiger charge is -2.29. The SMILES string of the molecule is O=C(O)COCCCC[C@H]1C(=O)NC(=O)N1CC[C@@H](O)C1CCCCC1. The molecule has 1 heterocycles. The molecule has 8 nitrogen and oxygen atoms in total. The molecule has 0 aromatic heterocycles. The van der Waals surface area contributed by atoms with Gasteiger partial charge in [-0.3, -0.25) is 10.1 Å². The molecule has 0 radical (unpaired) electrons. The van der Waals surface area contributed by atoms with Gasteiger partial charge in [0, 0.05) is 13.2 Å². The Balaban J connectivity index is 1.73. The average molecular weight is 370 g/mol. The fraction of sp³-hybridized carbons (Fsp3) is 0.833. The van der Waals surface area contributed by atoms with Gasteiger partial charge >= 0.3 is 12.0 Å². The van der Waals surface area contributed by atoms with Gasteiger partial charge in [-0.25, -0.2) is 9.59 Å². The highest BCUT2D eigenvalue weighted by molar-refractivity contribution is 6.04. The zero-order chi connectivity index (χ0) is 18.9. The van der Waals surface area contributed by atoms with E-state index < -0.39 is 24.1 Å². The van der Waals surface area contributed by atoms with Crippen LogP contribution in [-0.2, 0) is 14.3 Å². The Bertz CT molecular complexity index is 492. The molecule has 0 spiro atoms. The lowest BCUT2D eigenvalue weighted by molar-refractivity contribution is -0.142. The second kappa shape index (κ2) is 10.5. The van der Waals surface area contributed by atoms with Gasteiger partial charge in [-0.2, -0.15) is 0 Å². The zero-order valence-electron chi connectivity index (χ0n) is 15.2. The number of hydrogen-bond donors (Lipinski definition) is 3. The highest BCUT2D eigenvalue weighted by Crippen LogP contribution is 2.28. The smallest absolute Gasteiger partial charge is 0.329 e. The molecule has 0 aromatic carbocycles. The minimum atomic E-state index is -1.01. The number of carboxylic acid groups (broad SMARTS) is 1. The Hall–Kier alpha value is -1.67. The van der Waals surface area contributed by atoms with Crippen LogP contribution in [0.25, 0.3) is 0 Å². The van der Waals surface area contributed by atoms with Crippen LogP contribution in [0.5, 0.6) is 0 Å². The second-order valence-electron chi connectivity index (χ2n) is 7.20. The van der Waals surface area contributed by atoms with Crippen molar-refractivity contribution in [3.63, 3.8) is 0 Å². The molecule has 2 atom stereocenters. The molecular formula is C18H30N2O6. The van der Waals surface area contributed by atoms with E-state index in [0.717, 1.165) is 25.7 Å². The molecule has 1 aliphatic carbocycles. The van der Waals surface area contributed by atoms with E-state index in [1.165, 1.54) is 11.3 Å². The topological polar surface area (TPSA) is 116 Å². The Morgan fingerprint density at radius 1 is 1.23 bits per heavy atom. The fourth-order valence-electron chi connectivity index (χ4n) is 3.82. The first-order valence-electron chi connectivity index (χ1n) is 9.58. The number of urea groups is 1. The maximum Gasteiger partial charge on any atom is 0.329 e. The van der Waals surface area contributed by atoms with Crippen LogP contribution < -0.4 is 5.32 Å². The van der Waals surface area contributed by atoms with Gasteiger partial charge in [-0.05, 0) is 44.4 Å². The third kappa shape index (κ3) is 6.25. The van der Waals surface area contributed by atoms with Crippen molar-refractivity contribution in [1.29, 1.82) is 0 Å². The number of aliphatic hydroxyl groups excluding tert-OH is 1. The number of nitrogens with one attached hydrogen (secondary N) is 1. The first-order chi connectivity index (χ1) is 12.5. The minimum Gasteiger partial charge on any atom is -0.480 e. The third-order valence-corrected chi connectivity index (χ3v) is 5.27. The third-order valence-electron chi connectivity index (χ3n) is 5.27. The van der Waals surface area contributed by atoms with Crippen molar-refractivity contribution in [1.82, 2.24) is 10.2 Å². The number of carboxylic acids is 1. The number of ether oxygens (including phenoxy) is 1. The standard InChI is InChI=1S/C18H30N2O6/c21-15(13-6-2-1-3-7-13)9-10-20-14(17(24)19-18(20)25)8-4-5-11-26-12-16(22)23/h13-15,21H,1-12H2,(H,22,23)(H,19,24,25)/t14-,15+/m0/s1. The lowest BCUT2D eigenvalue weighted by atomic mass is 9.84. The molecule has 0 aromatic rings. The maximum atomic E-state index is 12.0. The van der Waals surface area contributed by atoms with E-state index in [2.05, 4.69) is 5.32 Å². The number of rotatable bonds is 11. The number of nitrogens with zero attached hydrogens (tertiary/aromatic N) is 1. The van der Waals surface area contributed by atoms with Gasteiger partial charge < -0.3 is 19.8 Å². The van der Waals surface area contributed by atoms with Crippen molar-refractivity contribution in [3.8, 4) is 0 Å². The van der Waals surface area contributed by atoms with Crippen LogP contribution in [0.4, 0.5) is 4.79 Å². The molecule has 26 heavy (non-hydrogen) atoms. The minimum absolute atomic E-state index is 0.298. The van der Waals surface area contributed by atoms with E-state index in [1.807, 2.05) is 0 Å². The van der Waals surface area contributed by atoms with Crippen molar-refractivity contribution >= 4 is 17.9 Å². The summed E-state index contributed by atoms with van der Waals surface area (Å²) in [5, 5.41) is 21.2. The van der Waals surface area contributed by atoms with Gasteiger partial charge in [-0.15, -0.1) is 0 Å². The number of unbranched alkanes of at least 4 members (excludes halogenated alkanes) is 1. The Morgan fingerprint density at radius 2 is 1.96 bits per heavy atom. The van der Waals surface area contributed by atoms with Crippen molar-refractivity contribution in [2.45, 2.75) is 69.9 Å². The summed E-state index contributed by atoms with van der Waals surface area (Å²) in [5.41, 5.74) is 0. The fourth-order valence-corrected chi connectivity index (χ4v) is 3.82. The molecule has 2 aliphatic rings. The first kappa shape index (κ1) is 20.6. The maximum absolute atomic E-state index is 12.0. The van der Waals surface area contributed by atoms with Crippen LogP contribution in [-0.4, -0.2) is 64.9 Å². The summed E-state index contributed by atoms with van der Waals surface area (Å²) in [5.74, 6) is -1.00. The highest BCUT2D eigenvalue weighted by Gasteiger charge is 2.38. The monoisotopic (exact) mass is 370 g/mol. The summed E-state index contributed by atoms with van der Waals surface area (Å²) < 4.78 is 4.97. The number of carbonyl (C=O) groups is 3.